The summed E-state index contributed by atoms with van der Waals surface area (Å²) in [7, 11) is 7.20. The number of rotatable bonds is 10. The lowest BCUT2D eigenvalue weighted by Crippen LogP contribution is -2.45. The number of aromatic nitrogens is 2. The number of halogens is 1. The molecule has 0 bridgehead atoms. The molecule has 29 heavy (non-hydrogen) atoms. The van der Waals surface area contributed by atoms with Crippen molar-refractivity contribution in [2.24, 2.45) is 14.1 Å². The molecule has 0 aliphatic heterocycles. The molecule has 2 rings (SSSR count). The van der Waals surface area contributed by atoms with E-state index in [9.17, 15) is 14.0 Å². The van der Waals surface area contributed by atoms with Crippen LogP contribution < -0.4 is 16.0 Å². The molecule has 0 saturated heterocycles. The number of nitrogens with zero attached hydrogens (tertiary/aromatic N) is 4. The van der Waals surface area contributed by atoms with Gasteiger partial charge in [-0.1, -0.05) is 0 Å². The van der Waals surface area contributed by atoms with Gasteiger partial charge in [0.15, 0.2) is 0 Å². The summed E-state index contributed by atoms with van der Waals surface area (Å²) in [5.41, 5.74) is 0.145. The zero-order valence-electron chi connectivity index (χ0n) is 17.9. The molecular weight excluding hydrogens is 375 g/mol. The first-order valence-electron chi connectivity index (χ1n) is 9.75. The van der Waals surface area contributed by atoms with Crippen molar-refractivity contribution in [3.8, 4) is 5.75 Å². The van der Waals surface area contributed by atoms with Crippen LogP contribution in [0, 0.1) is 5.82 Å². The Bertz CT molecular complexity index is 906. The Morgan fingerprint density at radius 2 is 1.72 bits per heavy atom. The highest BCUT2D eigenvalue weighted by Gasteiger charge is 2.16. The summed E-state index contributed by atoms with van der Waals surface area (Å²) in [6.45, 7) is 4.09. The van der Waals surface area contributed by atoms with Gasteiger partial charge < -0.3 is 9.30 Å². The standard InChI is InChI=1S/C21H31FN4O3/c1-16(23(2)3)26(13-14-29-19-10-8-17(22)9-11-19)12-6-7-18-15-20(27)25(5)21(28)24(18)4/h8-11,15-16H,6-7,12-14H2,1-5H3. The molecule has 0 radical (unpaired) electrons. The summed E-state index contributed by atoms with van der Waals surface area (Å²) >= 11 is 0. The van der Waals surface area contributed by atoms with Gasteiger partial charge in [-0.2, -0.15) is 0 Å². The fraction of sp³-hybridized carbons (Fsp3) is 0.524. The van der Waals surface area contributed by atoms with Crippen LogP contribution in [-0.4, -0.2) is 58.9 Å². The maximum Gasteiger partial charge on any atom is 0.330 e. The summed E-state index contributed by atoms with van der Waals surface area (Å²) in [4.78, 5) is 28.4. The van der Waals surface area contributed by atoms with Gasteiger partial charge in [0.2, 0.25) is 0 Å². The van der Waals surface area contributed by atoms with Crippen molar-refractivity contribution in [1.29, 1.82) is 0 Å². The van der Waals surface area contributed by atoms with Crippen LogP contribution in [0.2, 0.25) is 0 Å². The molecule has 0 aliphatic rings. The Balaban J connectivity index is 1.95. The molecule has 1 atom stereocenters. The van der Waals surface area contributed by atoms with Gasteiger partial charge in [0.25, 0.3) is 5.56 Å². The summed E-state index contributed by atoms with van der Waals surface area (Å²) in [5.74, 6) is 0.351. The Labute approximate surface area is 170 Å². The average Bonchev–Trinajstić information content (AvgIpc) is 2.69. The molecule has 8 heteroatoms. The van der Waals surface area contributed by atoms with Gasteiger partial charge in [0.1, 0.15) is 18.2 Å². The predicted octanol–water partition coefficient (Wildman–Crippen LogP) is 1.44. The molecule has 0 amide bonds. The third kappa shape index (κ3) is 6.27. The minimum atomic E-state index is -0.307. The van der Waals surface area contributed by atoms with E-state index in [1.54, 1.807) is 19.2 Å². The van der Waals surface area contributed by atoms with E-state index in [4.69, 9.17) is 4.74 Å². The molecule has 1 aromatic carbocycles. The van der Waals surface area contributed by atoms with Gasteiger partial charge in [-0.25, -0.2) is 9.18 Å². The predicted molar refractivity (Wildman–Crippen MR) is 112 cm³/mol. The molecule has 160 valence electrons. The first kappa shape index (κ1) is 22.8. The Hall–Kier alpha value is -2.45. The van der Waals surface area contributed by atoms with Crippen molar-refractivity contribution in [2.45, 2.75) is 25.9 Å². The largest absolute Gasteiger partial charge is 0.492 e. The summed E-state index contributed by atoms with van der Waals surface area (Å²) in [6, 6.07) is 7.52. The van der Waals surface area contributed by atoms with Gasteiger partial charge in [-0.3, -0.25) is 19.2 Å². The van der Waals surface area contributed by atoms with E-state index >= 15 is 0 Å². The van der Waals surface area contributed by atoms with Crippen LogP contribution in [0.5, 0.6) is 5.75 Å². The van der Waals surface area contributed by atoms with Crippen molar-refractivity contribution in [3.63, 3.8) is 0 Å². The second-order valence-corrected chi connectivity index (χ2v) is 7.41. The van der Waals surface area contributed by atoms with Crippen LogP contribution in [0.1, 0.15) is 19.0 Å². The molecule has 1 heterocycles. The van der Waals surface area contributed by atoms with E-state index in [1.165, 1.54) is 29.8 Å². The van der Waals surface area contributed by atoms with Gasteiger partial charge in [0.05, 0.1) is 6.17 Å². The first-order chi connectivity index (χ1) is 13.7. The van der Waals surface area contributed by atoms with E-state index in [2.05, 4.69) is 16.7 Å². The van der Waals surface area contributed by atoms with E-state index in [0.717, 1.165) is 23.2 Å². The topological polar surface area (TPSA) is 59.7 Å². The fourth-order valence-corrected chi connectivity index (χ4v) is 3.11. The highest BCUT2D eigenvalue weighted by molar-refractivity contribution is 5.21. The Kier molecular flexibility index (Phi) is 8.16. The summed E-state index contributed by atoms with van der Waals surface area (Å²) in [5, 5.41) is 0. The lowest BCUT2D eigenvalue weighted by atomic mass is 10.2. The van der Waals surface area contributed by atoms with Crippen LogP contribution in [-0.2, 0) is 20.5 Å². The number of hydrogen-bond acceptors (Lipinski definition) is 5. The van der Waals surface area contributed by atoms with E-state index in [-0.39, 0.29) is 23.2 Å². The van der Waals surface area contributed by atoms with Crippen molar-refractivity contribution < 1.29 is 9.13 Å². The van der Waals surface area contributed by atoms with Gasteiger partial charge in [-0.15, -0.1) is 0 Å². The molecule has 0 saturated carbocycles. The first-order valence-corrected chi connectivity index (χ1v) is 9.75. The molecule has 1 unspecified atom stereocenters. The second kappa shape index (κ2) is 10.4. The molecule has 7 nitrogen and oxygen atoms in total. The zero-order valence-corrected chi connectivity index (χ0v) is 17.9. The second-order valence-electron chi connectivity index (χ2n) is 7.41. The van der Waals surface area contributed by atoms with Crippen molar-refractivity contribution >= 4 is 0 Å². The lowest BCUT2D eigenvalue weighted by molar-refractivity contribution is 0.0774. The summed E-state index contributed by atoms with van der Waals surface area (Å²) < 4.78 is 21.4. The van der Waals surface area contributed by atoms with Gasteiger partial charge >= 0.3 is 5.69 Å². The van der Waals surface area contributed by atoms with E-state index < -0.39 is 0 Å². The quantitative estimate of drug-likeness (QED) is 0.559. The summed E-state index contributed by atoms with van der Waals surface area (Å²) in [6.07, 6.45) is 1.63. The fourth-order valence-electron chi connectivity index (χ4n) is 3.11. The molecule has 1 aromatic heterocycles. The van der Waals surface area contributed by atoms with Crippen LogP contribution in [0.3, 0.4) is 0 Å². The van der Waals surface area contributed by atoms with Crippen molar-refractivity contribution in [2.75, 3.05) is 33.8 Å². The van der Waals surface area contributed by atoms with E-state index in [0.29, 0.717) is 25.3 Å². The SMILES string of the molecule is CC(N(C)C)N(CCCc1cc(=O)n(C)c(=O)n1C)CCOc1ccc(F)cc1. The van der Waals surface area contributed by atoms with Crippen LogP contribution in [0.25, 0.3) is 0 Å². The number of ether oxygens (including phenoxy) is 1. The minimum Gasteiger partial charge on any atom is -0.492 e. The molecule has 0 fully saturated rings. The van der Waals surface area contributed by atoms with Crippen molar-refractivity contribution in [1.82, 2.24) is 18.9 Å². The molecule has 0 N–H and O–H groups in total. The highest BCUT2D eigenvalue weighted by Crippen LogP contribution is 2.12. The number of aryl methyl sites for hydroxylation is 1. The Morgan fingerprint density at radius 3 is 2.34 bits per heavy atom. The van der Waals surface area contributed by atoms with Crippen LogP contribution in [0.4, 0.5) is 4.39 Å². The van der Waals surface area contributed by atoms with Gasteiger partial charge in [-0.05, 0) is 58.1 Å². The Morgan fingerprint density at radius 1 is 1.07 bits per heavy atom. The molecule has 0 spiro atoms. The monoisotopic (exact) mass is 406 g/mol. The number of benzene rings is 1. The minimum absolute atomic E-state index is 0.194. The molecule has 0 aliphatic carbocycles. The third-order valence-corrected chi connectivity index (χ3v) is 5.24. The third-order valence-electron chi connectivity index (χ3n) is 5.24. The van der Waals surface area contributed by atoms with Crippen LogP contribution >= 0.6 is 0 Å². The maximum atomic E-state index is 13.0. The lowest BCUT2D eigenvalue weighted by Gasteiger charge is -2.33. The highest BCUT2D eigenvalue weighted by atomic mass is 19.1. The van der Waals surface area contributed by atoms with Gasteiger partial charge in [0, 0.05) is 38.9 Å². The average molecular weight is 407 g/mol. The molecule has 2 aromatic rings. The smallest absolute Gasteiger partial charge is 0.330 e. The van der Waals surface area contributed by atoms with E-state index in [1.807, 2.05) is 14.1 Å². The van der Waals surface area contributed by atoms with Crippen LogP contribution in [0.15, 0.2) is 39.9 Å². The van der Waals surface area contributed by atoms with Crippen molar-refractivity contribution in [3.05, 3.63) is 62.7 Å². The number of hydrogen-bond donors (Lipinski definition) is 0. The maximum absolute atomic E-state index is 13.0. The zero-order chi connectivity index (χ0) is 21.6. The molecular formula is C21H31FN4O3. The normalized spacial score (nSPS) is 12.6.